The summed E-state index contributed by atoms with van der Waals surface area (Å²) in [7, 11) is 1.48. The maximum absolute atomic E-state index is 12.4. The van der Waals surface area contributed by atoms with Crippen molar-refractivity contribution in [3.63, 3.8) is 0 Å². The van der Waals surface area contributed by atoms with Crippen molar-refractivity contribution >= 4 is 29.5 Å². The lowest BCUT2D eigenvalue weighted by molar-refractivity contribution is -0.138. The molecule has 7 nitrogen and oxygen atoms in total. The highest BCUT2D eigenvalue weighted by Crippen LogP contribution is 2.23. The molecule has 1 saturated heterocycles. The summed E-state index contributed by atoms with van der Waals surface area (Å²) >= 11 is 1.58. The molecule has 0 aliphatic carbocycles. The van der Waals surface area contributed by atoms with Gasteiger partial charge in [-0.2, -0.15) is 0 Å². The highest BCUT2D eigenvalue weighted by Gasteiger charge is 2.33. The van der Waals surface area contributed by atoms with E-state index in [1.165, 1.54) is 19.2 Å². The van der Waals surface area contributed by atoms with Crippen LogP contribution < -0.4 is 10.1 Å². The van der Waals surface area contributed by atoms with Crippen molar-refractivity contribution in [3.05, 3.63) is 29.3 Å². The number of carboxylic acids is 1. The number of benzene rings is 1. The molecule has 0 bridgehead atoms. The van der Waals surface area contributed by atoms with Crippen molar-refractivity contribution in [2.75, 3.05) is 25.3 Å². The van der Waals surface area contributed by atoms with Gasteiger partial charge in [0.05, 0.1) is 18.6 Å². The number of aromatic carboxylic acids is 1. The van der Waals surface area contributed by atoms with Crippen LogP contribution in [-0.4, -0.2) is 59.1 Å². The fraction of sp³-hybridized carbons (Fsp3) is 0.500. The summed E-state index contributed by atoms with van der Waals surface area (Å²) < 4.78 is 5.24. The van der Waals surface area contributed by atoms with Crippen LogP contribution in [0.4, 0.5) is 0 Å². The van der Waals surface area contributed by atoms with Crippen LogP contribution in [0.15, 0.2) is 18.2 Å². The van der Waals surface area contributed by atoms with Crippen molar-refractivity contribution in [2.24, 2.45) is 0 Å². The number of carbonyl (C=O) groups excluding carboxylic acids is 2. The van der Waals surface area contributed by atoms with Crippen LogP contribution in [0.1, 0.15) is 35.7 Å². The molecular formula is C18H24N2O5S. The molecule has 2 N–H and O–H groups in total. The van der Waals surface area contributed by atoms with Crippen LogP contribution >= 0.6 is 11.8 Å². The number of methoxy groups -OCH3 is 1. The molecule has 1 fully saturated rings. The van der Waals surface area contributed by atoms with Gasteiger partial charge in [-0.1, -0.05) is 13.0 Å². The summed E-state index contributed by atoms with van der Waals surface area (Å²) in [5.41, 5.74) is 0.972. The van der Waals surface area contributed by atoms with E-state index in [9.17, 15) is 14.4 Å². The summed E-state index contributed by atoms with van der Waals surface area (Å²) in [6, 6.07) is 4.26. The third-order valence-electron chi connectivity index (χ3n) is 4.20. The topological polar surface area (TPSA) is 95.9 Å². The molecule has 1 aliphatic rings. The number of thioether (sulfide) groups is 1. The monoisotopic (exact) mass is 380 g/mol. The molecule has 26 heavy (non-hydrogen) atoms. The Hall–Kier alpha value is -2.22. The van der Waals surface area contributed by atoms with Crippen LogP contribution in [0.3, 0.4) is 0 Å². The molecular weight excluding hydrogens is 356 g/mol. The van der Waals surface area contributed by atoms with Crippen molar-refractivity contribution in [1.29, 1.82) is 0 Å². The Kier molecular flexibility index (Phi) is 7.32. The average Bonchev–Trinajstić information content (AvgIpc) is 3.11. The van der Waals surface area contributed by atoms with Crippen LogP contribution in [0.5, 0.6) is 5.75 Å². The molecule has 1 atom stereocenters. The third kappa shape index (κ3) is 4.91. The number of amides is 2. The minimum atomic E-state index is -1.02. The van der Waals surface area contributed by atoms with E-state index in [1.807, 2.05) is 6.92 Å². The zero-order valence-corrected chi connectivity index (χ0v) is 15.8. The van der Waals surface area contributed by atoms with E-state index in [-0.39, 0.29) is 17.4 Å². The van der Waals surface area contributed by atoms with E-state index in [0.29, 0.717) is 36.8 Å². The maximum atomic E-state index is 12.4. The number of hydrogen-bond acceptors (Lipinski definition) is 5. The lowest BCUT2D eigenvalue weighted by Crippen LogP contribution is -2.47. The van der Waals surface area contributed by atoms with Gasteiger partial charge in [0.25, 0.3) is 0 Å². The van der Waals surface area contributed by atoms with Gasteiger partial charge in [0, 0.05) is 18.7 Å². The lowest BCUT2D eigenvalue weighted by Gasteiger charge is -2.23. The van der Waals surface area contributed by atoms with E-state index in [2.05, 4.69) is 5.32 Å². The van der Waals surface area contributed by atoms with Gasteiger partial charge in [0.1, 0.15) is 11.8 Å². The first kappa shape index (κ1) is 20.1. The van der Waals surface area contributed by atoms with E-state index >= 15 is 0 Å². The van der Waals surface area contributed by atoms with Gasteiger partial charge in [-0.15, -0.1) is 11.8 Å². The lowest BCUT2D eigenvalue weighted by atomic mass is 10.1. The number of rotatable bonds is 8. The smallest absolute Gasteiger partial charge is 0.335 e. The van der Waals surface area contributed by atoms with E-state index in [4.69, 9.17) is 9.84 Å². The minimum Gasteiger partial charge on any atom is -0.496 e. The molecule has 2 rings (SSSR count). The summed E-state index contributed by atoms with van der Waals surface area (Å²) in [4.78, 5) is 37.2. The maximum Gasteiger partial charge on any atom is 0.335 e. The second-order valence-electron chi connectivity index (χ2n) is 6.00. The summed E-state index contributed by atoms with van der Waals surface area (Å²) in [5, 5.41) is 11.9. The van der Waals surface area contributed by atoms with Gasteiger partial charge in [-0.05, 0) is 30.5 Å². The first-order valence-corrected chi connectivity index (χ1v) is 9.68. The molecule has 1 aromatic rings. The van der Waals surface area contributed by atoms with Crippen LogP contribution in [0.25, 0.3) is 0 Å². The normalized spacial score (nSPS) is 16.4. The van der Waals surface area contributed by atoms with E-state index in [1.54, 1.807) is 22.7 Å². The van der Waals surface area contributed by atoms with E-state index in [0.717, 1.165) is 12.0 Å². The molecule has 1 aliphatic heterocycles. The van der Waals surface area contributed by atoms with Gasteiger partial charge in [0.2, 0.25) is 11.8 Å². The largest absolute Gasteiger partial charge is 0.496 e. The van der Waals surface area contributed by atoms with Gasteiger partial charge < -0.3 is 20.1 Å². The number of nitrogens with zero attached hydrogens (tertiary/aromatic N) is 1. The Morgan fingerprint density at radius 1 is 1.38 bits per heavy atom. The highest BCUT2D eigenvalue weighted by molar-refractivity contribution is 7.99. The fourth-order valence-corrected chi connectivity index (χ4v) is 3.97. The number of hydrogen-bond donors (Lipinski definition) is 2. The average molecular weight is 380 g/mol. The molecule has 1 aromatic carbocycles. The highest BCUT2D eigenvalue weighted by atomic mass is 32.2. The Morgan fingerprint density at radius 2 is 2.15 bits per heavy atom. The molecule has 1 heterocycles. The van der Waals surface area contributed by atoms with Gasteiger partial charge in [-0.25, -0.2) is 4.79 Å². The number of ether oxygens (including phenoxy) is 1. The Bertz CT molecular complexity index is 680. The quantitative estimate of drug-likeness (QED) is 0.713. The predicted molar refractivity (Wildman–Crippen MR) is 99.5 cm³/mol. The first-order valence-electron chi connectivity index (χ1n) is 8.53. The SMILES string of the molecule is CCCC(=O)N1CSCC1C(=O)NCCc1ccc(C(=O)O)cc1OC. The third-order valence-corrected chi connectivity index (χ3v) is 5.21. The van der Waals surface area contributed by atoms with Crippen molar-refractivity contribution in [3.8, 4) is 5.75 Å². The van der Waals surface area contributed by atoms with Gasteiger partial charge >= 0.3 is 5.97 Å². The van der Waals surface area contributed by atoms with Crippen LogP contribution in [0.2, 0.25) is 0 Å². The van der Waals surface area contributed by atoms with Crippen molar-refractivity contribution < 1.29 is 24.2 Å². The molecule has 0 saturated carbocycles. The zero-order chi connectivity index (χ0) is 19.1. The molecule has 0 aromatic heterocycles. The van der Waals surface area contributed by atoms with E-state index < -0.39 is 12.0 Å². The number of carbonyl (C=O) groups is 3. The zero-order valence-electron chi connectivity index (χ0n) is 15.0. The molecule has 2 amide bonds. The van der Waals surface area contributed by atoms with Crippen molar-refractivity contribution in [2.45, 2.75) is 32.2 Å². The molecule has 0 spiro atoms. The summed E-state index contributed by atoms with van der Waals surface area (Å²) in [6.07, 6.45) is 1.73. The van der Waals surface area contributed by atoms with Crippen LogP contribution in [-0.2, 0) is 16.0 Å². The molecule has 8 heteroatoms. The predicted octanol–water partition coefficient (Wildman–Crippen LogP) is 1.75. The standard InChI is InChI=1S/C18H24N2O5S/c1-3-4-16(21)20-11-26-10-14(20)17(22)19-8-7-12-5-6-13(18(23)24)9-15(12)25-2/h5-6,9,14H,3-4,7-8,10-11H2,1-2H3,(H,19,22)(H,23,24). The Morgan fingerprint density at radius 3 is 2.81 bits per heavy atom. The second-order valence-corrected chi connectivity index (χ2v) is 7.00. The first-order chi connectivity index (χ1) is 12.5. The Balaban J connectivity index is 1.92. The van der Waals surface area contributed by atoms with Gasteiger partial charge in [-0.3, -0.25) is 9.59 Å². The molecule has 0 radical (unpaired) electrons. The molecule has 142 valence electrons. The molecule has 1 unspecified atom stereocenters. The fourth-order valence-electron chi connectivity index (χ4n) is 2.79. The number of nitrogens with one attached hydrogen (secondary N) is 1. The Labute approximate surface area is 157 Å². The summed E-state index contributed by atoms with van der Waals surface area (Å²) in [5.74, 6) is 0.498. The number of carboxylic acid groups (broad SMARTS) is 1. The second kappa shape index (κ2) is 9.47. The van der Waals surface area contributed by atoms with Crippen molar-refractivity contribution in [1.82, 2.24) is 10.2 Å². The summed E-state index contributed by atoms with van der Waals surface area (Å²) in [6.45, 7) is 2.33. The minimum absolute atomic E-state index is 0.0172. The van der Waals surface area contributed by atoms with Crippen LogP contribution in [0, 0.1) is 0 Å². The van der Waals surface area contributed by atoms with Gasteiger partial charge in [0.15, 0.2) is 0 Å².